The number of hydrogen-bond acceptors (Lipinski definition) is 3. The number of carbonyl (C=O) groups excluding carboxylic acids is 1. The normalized spacial score (nSPS) is 15.9. The second kappa shape index (κ2) is 7.34. The summed E-state index contributed by atoms with van der Waals surface area (Å²) in [5.41, 5.74) is 1.63. The zero-order chi connectivity index (χ0) is 16.2. The van der Waals surface area contributed by atoms with Crippen LogP contribution < -0.4 is 5.32 Å². The fourth-order valence-electron chi connectivity index (χ4n) is 2.94. The van der Waals surface area contributed by atoms with Gasteiger partial charge in [-0.2, -0.15) is 0 Å². The molecule has 5 nitrogen and oxygen atoms in total. The van der Waals surface area contributed by atoms with Gasteiger partial charge in [-0.15, -0.1) is 0 Å². The van der Waals surface area contributed by atoms with Crippen LogP contribution >= 0.6 is 11.6 Å². The van der Waals surface area contributed by atoms with E-state index in [0.717, 1.165) is 50.2 Å². The highest BCUT2D eigenvalue weighted by Crippen LogP contribution is 2.22. The van der Waals surface area contributed by atoms with E-state index < -0.39 is 0 Å². The molecule has 1 aromatic heterocycles. The van der Waals surface area contributed by atoms with Crippen LogP contribution in [0.1, 0.15) is 16.9 Å². The Balaban J connectivity index is 1.55. The average Bonchev–Trinajstić information content (AvgIpc) is 2.89. The molecule has 1 aliphatic heterocycles. The van der Waals surface area contributed by atoms with Gasteiger partial charge in [0, 0.05) is 42.6 Å². The summed E-state index contributed by atoms with van der Waals surface area (Å²) in [5.74, 6) is -0.0400. The number of amides is 1. The molecular weight excluding hydrogens is 314 g/mol. The molecule has 2 aromatic rings. The van der Waals surface area contributed by atoms with Crippen LogP contribution in [0.15, 0.2) is 24.3 Å². The van der Waals surface area contributed by atoms with Gasteiger partial charge in [0.1, 0.15) is 5.69 Å². The van der Waals surface area contributed by atoms with E-state index in [2.05, 4.69) is 10.2 Å². The Kier molecular flexibility index (Phi) is 5.20. The molecule has 6 heteroatoms. The van der Waals surface area contributed by atoms with Crippen molar-refractivity contribution in [3.63, 3.8) is 0 Å². The molecular formula is C17H22ClN3O2. The van der Waals surface area contributed by atoms with Crippen molar-refractivity contribution in [3.8, 4) is 0 Å². The molecule has 0 unspecified atom stereocenters. The molecule has 1 fully saturated rings. The van der Waals surface area contributed by atoms with Crippen LogP contribution in [0.3, 0.4) is 0 Å². The van der Waals surface area contributed by atoms with Crippen LogP contribution in [-0.4, -0.2) is 54.8 Å². The fraction of sp³-hybridized carbons (Fsp3) is 0.471. The molecule has 0 atom stereocenters. The van der Waals surface area contributed by atoms with Crippen LogP contribution in [0.4, 0.5) is 0 Å². The maximum absolute atomic E-state index is 12.4. The monoisotopic (exact) mass is 335 g/mol. The molecule has 1 saturated heterocycles. The maximum Gasteiger partial charge on any atom is 0.267 e. The van der Waals surface area contributed by atoms with E-state index in [1.807, 2.05) is 35.9 Å². The standard InChI is InChI=1S/C17H22ClN3O2/c1-20-15-12-14(18)4-3-13(15)11-16(20)17(22)19-5-2-6-21-7-9-23-10-8-21/h3-4,11-12H,2,5-10H2,1H3,(H,19,22). The number of aryl methyl sites for hydroxylation is 1. The van der Waals surface area contributed by atoms with E-state index in [-0.39, 0.29) is 5.91 Å². The van der Waals surface area contributed by atoms with Gasteiger partial charge < -0.3 is 14.6 Å². The Labute approximate surface area is 141 Å². The van der Waals surface area contributed by atoms with Gasteiger partial charge in [0.25, 0.3) is 5.91 Å². The number of nitrogens with zero attached hydrogens (tertiary/aromatic N) is 2. The van der Waals surface area contributed by atoms with E-state index >= 15 is 0 Å². The number of morpholine rings is 1. The number of aromatic nitrogens is 1. The predicted octanol–water partition coefficient (Wildman–Crippen LogP) is 2.28. The molecule has 1 aliphatic rings. The molecule has 23 heavy (non-hydrogen) atoms. The number of halogens is 1. The number of hydrogen-bond donors (Lipinski definition) is 1. The highest BCUT2D eigenvalue weighted by molar-refractivity contribution is 6.31. The van der Waals surface area contributed by atoms with Gasteiger partial charge in [-0.1, -0.05) is 17.7 Å². The van der Waals surface area contributed by atoms with Gasteiger partial charge in [-0.3, -0.25) is 9.69 Å². The zero-order valence-corrected chi connectivity index (χ0v) is 14.1. The minimum atomic E-state index is -0.0400. The molecule has 3 rings (SSSR count). The third-order valence-electron chi connectivity index (χ3n) is 4.28. The number of rotatable bonds is 5. The summed E-state index contributed by atoms with van der Waals surface area (Å²) in [6.07, 6.45) is 0.946. The van der Waals surface area contributed by atoms with Crippen LogP contribution in [-0.2, 0) is 11.8 Å². The Hall–Kier alpha value is -1.56. The summed E-state index contributed by atoms with van der Waals surface area (Å²) in [5, 5.41) is 4.70. The zero-order valence-electron chi connectivity index (χ0n) is 13.3. The van der Waals surface area contributed by atoms with Gasteiger partial charge in [-0.05, 0) is 31.2 Å². The van der Waals surface area contributed by atoms with Crippen molar-refractivity contribution < 1.29 is 9.53 Å². The smallest absolute Gasteiger partial charge is 0.267 e. The number of ether oxygens (including phenoxy) is 1. The quantitative estimate of drug-likeness (QED) is 0.853. The van der Waals surface area contributed by atoms with Crippen molar-refractivity contribution >= 4 is 28.4 Å². The summed E-state index contributed by atoms with van der Waals surface area (Å²) >= 11 is 6.03. The second-order valence-corrected chi connectivity index (χ2v) is 6.29. The fourth-order valence-corrected chi connectivity index (χ4v) is 3.11. The Morgan fingerprint density at radius 3 is 2.87 bits per heavy atom. The third-order valence-corrected chi connectivity index (χ3v) is 4.52. The molecule has 2 heterocycles. The second-order valence-electron chi connectivity index (χ2n) is 5.86. The molecule has 0 radical (unpaired) electrons. The first-order valence-corrected chi connectivity index (χ1v) is 8.36. The lowest BCUT2D eigenvalue weighted by molar-refractivity contribution is 0.0374. The van der Waals surface area contributed by atoms with Crippen molar-refractivity contribution in [2.24, 2.45) is 7.05 Å². The van der Waals surface area contributed by atoms with Crippen molar-refractivity contribution in [1.82, 2.24) is 14.8 Å². The van der Waals surface area contributed by atoms with E-state index in [4.69, 9.17) is 16.3 Å². The van der Waals surface area contributed by atoms with Gasteiger partial charge in [0.05, 0.1) is 13.2 Å². The van der Waals surface area contributed by atoms with Crippen molar-refractivity contribution in [2.45, 2.75) is 6.42 Å². The van der Waals surface area contributed by atoms with E-state index in [0.29, 0.717) is 17.3 Å². The van der Waals surface area contributed by atoms with Crippen LogP contribution in [0.25, 0.3) is 10.9 Å². The number of carbonyl (C=O) groups is 1. The van der Waals surface area contributed by atoms with Crippen molar-refractivity contribution in [1.29, 1.82) is 0 Å². The Morgan fingerprint density at radius 2 is 2.09 bits per heavy atom. The van der Waals surface area contributed by atoms with E-state index in [1.54, 1.807) is 0 Å². The third kappa shape index (κ3) is 3.86. The largest absolute Gasteiger partial charge is 0.379 e. The first kappa shape index (κ1) is 16.3. The SMILES string of the molecule is Cn1c(C(=O)NCCCN2CCOCC2)cc2ccc(Cl)cc21. The molecule has 1 N–H and O–H groups in total. The lowest BCUT2D eigenvalue weighted by atomic mass is 10.2. The highest BCUT2D eigenvalue weighted by Gasteiger charge is 2.14. The molecule has 124 valence electrons. The predicted molar refractivity (Wildman–Crippen MR) is 92.1 cm³/mol. The summed E-state index contributed by atoms with van der Waals surface area (Å²) in [6, 6.07) is 7.57. The van der Waals surface area contributed by atoms with Crippen LogP contribution in [0.2, 0.25) is 5.02 Å². The van der Waals surface area contributed by atoms with E-state index in [1.165, 1.54) is 0 Å². The molecule has 1 amide bonds. The van der Waals surface area contributed by atoms with Crippen molar-refractivity contribution in [3.05, 3.63) is 35.0 Å². The summed E-state index contributed by atoms with van der Waals surface area (Å²) in [6.45, 7) is 5.26. The maximum atomic E-state index is 12.4. The minimum absolute atomic E-state index is 0.0400. The van der Waals surface area contributed by atoms with Gasteiger partial charge in [0.2, 0.25) is 0 Å². The number of nitrogens with one attached hydrogen (secondary N) is 1. The molecule has 1 aromatic carbocycles. The first-order valence-electron chi connectivity index (χ1n) is 7.98. The van der Waals surface area contributed by atoms with Crippen LogP contribution in [0.5, 0.6) is 0 Å². The Bertz CT molecular complexity index is 692. The summed E-state index contributed by atoms with van der Waals surface area (Å²) < 4.78 is 7.22. The van der Waals surface area contributed by atoms with Gasteiger partial charge in [-0.25, -0.2) is 0 Å². The van der Waals surface area contributed by atoms with Gasteiger partial charge in [0.15, 0.2) is 0 Å². The lowest BCUT2D eigenvalue weighted by Crippen LogP contribution is -2.38. The topological polar surface area (TPSA) is 46.5 Å². The molecule has 0 saturated carbocycles. The van der Waals surface area contributed by atoms with Gasteiger partial charge >= 0.3 is 0 Å². The highest BCUT2D eigenvalue weighted by atomic mass is 35.5. The average molecular weight is 336 g/mol. The molecule has 0 aliphatic carbocycles. The summed E-state index contributed by atoms with van der Waals surface area (Å²) in [4.78, 5) is 14.7. The first-order chi connectivity index (χ1) is 11.1. The van der Waals surface area contributed by atoms with Crippen molar-refractivity contribution in [2.75, 3.05) is 39.4 Å². The Morgan fingerprint density at radius 1 is 1.30 bits per heavy atom. The lowest BCUT2D eigenvalue weighted by Gasteiger charge is -2.26. The number of fused-ring (bicyclic) bond motifs is 1. The molecule has 0 spiro atoms. The summed E-state index contributed by atoms with van der Waals surface area (Å²) in [7, 11) is 1.89. The van der Waals surface area contributed by atoms with E-state index in [9.17, 15) is 4.79 Å². The minimum Gasteiger partial charge on any atom is -0.379 e. The number of benzene rings is 1. The van der Waals surface area contributed by atoms with Crippen LogP contribution in [0, 0.1) is 0 Å². The molecule has 0 bridgehead atoms.